The maximum atomic E-state index is 11.5. The molecule has 0 fully saturated rings. The minimum Gasteiger partial charge on any atom is -0.450 e. The van der Waals surface area contributed by atoms with E-state index in [4.69, 9.17) is 16.2 Å². The number of anilines is 4. The Labute approximate surface area is 146 Å². The number of hydrogen-bond donors (Lipinski definition) is 5. The van der Waals surface area contributed by atoms with Gasteiger partial charge in [0.15, 0.2) is 5.82 Å². The van der Waals surface area contributed by atoms with Crippen molar-refractivity contribution in [3.8, 4) is 0 Å². The van der Waals surface area contributed by atoms with Gasteiger partial charge in [-0.2, -0.15) is 0 Å². The molecule has 25 heavy (non-hydrogen) atoms. The first-order valence-corrected chi connectivity index (χ1v) is 7.91. The molecule has 1 amide bonds. The molecule has 0 spiro atoms. The molecule has 8 nitrogen and oxygen atoms in total. The fourth-order valence-electron chi connectivity index (χ4n) is 2.29. The van der Waals surface area contributed by atoms with Gasteiger partial charge in [0.2, 0.25) is 0 Å². The van der Waals surface area contributed by atoms with Crippen molar-refractivity contribution in [3.05, 3.63) is 42.0 Å². The van der Waals surface area contributed by atoms with E-state index in [1.165, 1.54) is 6.07 Å². The van der Waals surface area contributed by atoms with E-state index in [0.29, 0.717) is 5.69 Å². The third kappa shape index (κ3) is 4.74. The molecular formula is C17H23N5O3. The summed E-state index contributed by atoms with van der Waals surface area (Å²) in [4.78, 5) is 15.5. The molecule has 7 N–H and O–H groups in total. The quantitative estimate of drug-likeness (QED) is 0.542. The van der Waals surface area contributed by atoms with Crippen LogP contribution in [-0.4, -0.2) is 28.8 Å². The summed E-state index contributed by atoms with van der Waals surface area (Å²) in [5.74, 6) is 0.271. The molecular weight excluding hydrogens is 322 g/mol. The molecule has 0 unspecified atom stereocenters. The average molecular weight is 345 g/mol. The predicted octanol–water partition coefficient (Wildman–Crippen LogP) is 2.35. The van der Waals surface area contributed by atoms with Crippen molar-refractivity contribution < 1.29 is 14.6 Å². The molecule has 8 heteroatoms. The van der Waals surface area contributed by atoms with Crippen molar-refractivity contribution >= 4 is 29.1 Å². The normalized spacial score (nSPS) is 12.9. The minimum atomic E-state index is -0.753. The molecule has 0 saturated carbocycles. The lowest BCUT2D eigenvalue weighted by atomic mass is 10.0. The molecule has 0 aliphatic heterocycles. The number of nitrogens with zero attached hydrogens (tertiary/aromatic N) is 1. The van der Waals surface area contributed by atoms with E-state index in [1.54, 1.807) is 6.92 Å². The van der Waals surface area contributed by atoms with Crippen LogP contribution in [0.5, 0.6) is 0 Å². The SMILES string of the molecule is CCOC(=O)Nc1cc(N[C@H](C)[C@@H](O)c2ccccc2)c(N)c(N)n1. The van der Waals surface area contributed by atoms with Crippen LogP contribution in [0, 0.1) is 0 Å². The van der Waals surface area contributed by atoms with E-state index < -0.39 is 12.2 Å². The molecule has 1 aromatic heterocycles. The van der Waals surface area contributed by atoms with Gasteiger partial charge >= 0.3 is 6.09 Å². The summed E-state index contributed by atoms with van der Waals surface area (Å²) >= 11 is 0. The maximum Gasteiger partial charge on any atom is 0.412 e. The number of hydrogen-bond acceptors (Lipinski definition) is 7. The highest BCUT2D eigenvalue weighted by Gasteiger charge is 2.18. The summed E-state index contributed by atoms with van der Waals surface area (Å²) in [6.07, 6.45) is -1.39. The number of nitrogens with one attached hydrogen (secondary N) is 2. The number of ether oxygens (including phenoxy) is 1. The summed E-state index contributed by atoms with van der Waals surface area (Å²) in [5.41, 5.74) is 13.2. The van der Waals surface area contributed by atoms with Crippen LogP contribution in [0.25, 0.3) is 0 Å². The Kier molecular flexibility index (Phi) is 6.02. The van der Waals surface area contributed by atoms with Crippen LogP contribution in [0.1, 0.15) is 25.5 Å². The monoisotopic (exact) mass is 345 g/mol. The van der Waals surface area contributed by atoms with Gasteiger partial charge in [0, 0.05) is 6.07 Å². The maximum absolute atomic E-state index is 11.5. The molecule has 0 aliphatic carbocycles. The first-order chi connectivity index (χ1) is 11.9. The second kappa shape index (κ2) is 8.20. The number of aliphatic hydroxyl groups excluding tert-OH is 1. The molecule has 0 bridgehead atoms. The van der Waals surface area contributed by atoms with Gasteiger partial charge in [-0.1, -0.05) is 30.3 Å². The van der Waals surface area contributed by atoms with E-state index >= 15 is 0 Å². The second-order valence-electron chi connectivity index (χ2n) is 5.49. The summed E-state index contributed by atoms with van der Waals surface area (Å²) < 4.78 is 4.81. The lowest BCUT2D eigenvalue weighted by Gasteiger charge is -2.23. The van der Waals surface area contributed by atoms with E-state index in [-0.39, 0.29) is 30.0 Å². The predicted molar refractivity (Wildman–Crippen MR) is 98.2 cm³/mol. The number of amides is 1. The Morgan fingerprint density at radius 3 is 2.64 bits per heavy atom. The number of carbonyl (C=O) groups excluding carboxylic acids is 1. The largest absolute Gasteiger partial charge is 0.450 e. The van der Waals surface area contributed by atoms with Crippen molar-refractivity contribution in [2.24, 2.45) is 0 Å². The second-order valence-corrected chi connectivity index (χ2v) is 5.49. The van der Waals surface area contributed by atoms with Crippen molar-refractivity contribution in [1.29, 1.82) is 0 Å². The molecule has 0 radical (unpaired) electrons. The highest BCUT2D eigenvalue weighted by atomic mass is 16.5. The Morgan fingerprint density at radius 1 is 1.32 bits per heavy atom. The lowest BCUT2D eigenvalue weighted by Crippen LogP contribution is -2.25. The third-order valence-electron chi connectivity index (χ3n) is 3.59. The fourth-order valence-corrected chi connectivity index (χ4v) is 2.29. The number of aliphatic hydroxyl groups is 1. The Bertz CT molecular complexity index is 724. The van der Waals surface area contributed by atoms with Crippen LogP contribution >= 0.6 is 0 Å². The number of aromatic nitrogens is 1. The zero-order valence-corrected chi connectivity index (χ0v) is 14.2. The van der Waals surface area contributed by atoms with Gasteiger partial charge in [-0.25, -0.2) is 9.78 Å². The van der Waals surface area contributed by atoms with Crippen LogP contribution < -0.4 is 22.1 Å². The van der Waals surface area contributed by atoms with E-state index in [9.17, 15) is 9.90 Å². The first kappa shape index (κ1) is 18.3. The summed E-state index contributed by atoms with van der Waals surface area (Å²) in [7, 11) is 0. The van der Waals surface area contributed by atoms with Gasteiger partial charge in [0.1, 0.15) is 5.82 Å². The standard InChI is InChI=1S/C17H23N5O3/c1-3-25-17(24)22-13-9-12(14(18)16(19)21-13)20-10(2)15(23)11-7-5-4-6-8-11/h4-10,15,23H,3,18H2,1-2H3,(H4,19,20,21,22,24)/t10-,15-/m1/s1. The smallest absolute Gasteiger partial charge is 0.412 e. The van der Waals surface area contributed by atoms with Gasteiger partial charge in [0.05, 0.1) is 30.1 Å². The van der Waals surface area contributed by atoms with Gasteiger partial charge < -0.3 is 26.6 Å². The molecule has 134 valence electrons. The van der Waals surface area contributed by atoms with Crippen LogP contribution in [0.2, 0.25) is 0 Å². The first-order valence-electron chi connectivity index (χ1n) is 7.91. The fraction of sp³-hybridized carbons (Fsp3) is 0.294. The Hall–Kier alpha value is -3.00. The van der Waals surface area contributed by atoms with Crippen molar-refractivity contribution in [2.75, 3.05) is 28.7 Å². The highest BCUT2D eigenvalue weighted by Crippen LogP contribution is 2.29. The summed E-state index contributed by atoms with van der Waals surface area (Å²) in [6, 6.07) is 10.4. The molecule has 0 aliphatic rings. The number of nitrogens with two attached hydrogens (primary N) is 2. The van der Waals surface area contributed by atoms with E-state index in [0.717, 1.165) is 5.56 Å². The zero-order valence-electron chi connectivity index (χ0n) is 14.2. The Morgan fingerprint density at radius 2 is 2.00 bits per heavy atom. The van der Waals surface area contributed by atoms with Crippen LogP contribution in [0.15, 0.2) is 36.4 Å². The molecule has 1 heterocycles. The van der Waals surface area contributed by atoms with Gasteiger partial charge in [0.25, 0.3) is 0 Å². The number of pyridine rings is 1. The van der Waals surface area contributed by atoms with Crippen LogP contribution in [0.4, 0.5) is 27.8 Å². The topological polar surface area (TPSA) is 136 Å². The third-order valence-corrected chi connectivity index (χ3v) is 3.59. The van der Waals surface area contributed by atoms with Gasteiger partial charge in [-0.3, -0.25) is 5.32 Å². The van der Waals surface area contributed by atoms with Crippen molar-refractivity contribution in [3.63, 3.8) is 0 Å². The number of nitrogen functional groups attached to an aromatic ring is 2. The van der Waals surface area contributed by atoms with Gasteiger partial charge in [-0.15, -0.1) is 0 Å². The lowest BCUT2D eigenvalue weighted by molar-refractivity contribution is 0.160. The van der Waals surface area contributed by atoms with E-state index in [1.807, 2.05) is 37.3 Å². The van der Waals surface area contributed by atoms with Crippen LogP contribution in [-0.2, 0) is 4.74 Å². The number of rotatable bonds is 6. The number of benzene rings is 1. The molecule has 0 saturated heterocycles. The molecule has 2 aromatic rings. The average Bonchev–Trinajstić information content (AvgIpc) is 2.59. The van der Waals surface area contributed by atoms with Crippen molar-refractivity contribution in [1.82, 2.24) is 4.98 Å². The van der Waals surface area contributed by atoms with Gasteiger partial charge in [-0.05, 0) is 19.4 Å². The summed E-state index contributed by atoms with van der Waals surface area (Å²) in [6.45, 7) is 3.75. The highest BCUT2D eigenvalue weighted by molar-refractivity contribution is 5.87. The summed E-state index contributed by atoms with van der Waals surface area (Å²) in [5, 5.41) is 16.0. The Balaban J connectivity index is 2.17. The van der Waals surface area contributed by atoms with Crippen molar-refractivity contribution in [2.45, 2.75) is 26.0 Å². The molecule has 1 aromatic carbocycles. The van der Waals surface area contributed by atoms with E-state index in [2.05, 4.69) is 15.6 Å². The zero-order chi connectivity index (χ0) is 18.4. The molecule has 2 rings (SSSR count). The number of carbonyl (C=O) groups is 1. The molecule has 2 atom stereocenters. The minimum absolute atomic E-state index is 0.0678. The van der Waals surface area contributed by atoms with Crippen LogP contribution in [0.3, 0.4) is 0 Å².